The van der Waals surface area contributed by atoms with E-state index in [9.17, 15) is 25.0 Å². The molecule has 13 heteroatoms. The van der Waals surface area contributed by atoms with E-state index < -0.39 is 27.1 Å². The number of thiocarbonyl (C=S) groups is 1. The smallest absolute Gasteiger partial charge is 0.318 e. The SMILES string of the molecule is COc1ccccc1N1C(=O)/C(=C\c2cccc(OC)c2Oc2ccc([N+](=O)[O-])cc2[N+](=O)[O-])SC1=S. The second kappa shape index (κ2) is 10.6. The summed E-state index contributed by atoms with van der Waals surface area (Å²) < 4.78 is 16.9. The predicted octanol–water partition coefficient (Wildman–Crippen LogP) is 5.72. The van der Waals surface area contributed by atoms with Crippen molar-refractivity contribution in [1.29, 1.82) is 0 Å². The molecule has 3 aromatic rings. The molecule has 4 rings (SSSR count). The summed E-state index contributed by atoms with van der Waals surface area (Å²) in [5.41, 5.74) is -0.208. The summed E-state index contributed by atoms with van der Waals surface area (Å²) in [5.74, 6) is 0.132. The largest absolute Gasteiger partial charge is 0.495 e. The second-order valence-electron chi connectivity index (χ2n) is 7.34. The van der Waals surface area contributed by atoms with Crippen LogP contribution in [0.2, 0.25) is 0 Å². The maximum absolute atomic E-state index is 13.3. The standard InChI is InChI=1S/C24H17N3O8S2/c1-33-18-8-4-3-7-16(18)25-23(28)21(37-24(25)36)12-14-6-5-9-20(34-2)22(14)35-19-11-10-15(26(29)30)13-17(19)27(31)32/h3-13H,1-2H3/b21-12+. The van der Waals surface area contributed by atoms with Gasteiger partial charge in [0.15, 0.2) is 15.8 Å². The van der Waals surface area contributed by atoms with Gasteiger partial charge in [-0.2, -0.15) is 0 Å². The van der Waals surface area contributed by atoms with Gasteiger partial charge in [-0.05, 0) is 30.3 Å². The molecule has 0 radical (unpaired) electrons. The van der Waals surface area contributed by atoms with E-state index in [2.05, 4.69) is 0 Å². The number of nitro benzene ring substituents is 2. The summed E-state index contributed by atoms with van der Waals surface area (Å²) in [5, 5.41) is 22.7. The first-order valence-electron chi connectivity index (χ1n) is 10.4. The van der Waals surface area contributed by atoms with E-state index in [0.29, 0.717) is 17.0 Å². The molecule has 0 bridgehead atoms. The van der Waals surface area contributed by atoms with Gasteiger partial charge in [0, 0.05) is 11.6 Å². The maximum atomic E-state index is 13.3. The second-order valence-corrected chi connectivity index (χ2v) is 9.01. The number of amides is 1. The zero-order valence-corrected chi connectivity index (χ0v) is 20.9. The monoisotopic (exact) mass is 539 g/mol. The molecule has 37 heavy (non-hydrogen) atoms. The van der Waals surface area contributed by atoms with Crippen LogP contribution in [-0.2, 0) is 4.79 Å². The molecule has 11 nitrogen and oxygen atoms in total. The van der Waals surface area contributed by atoms with Crippen molar-refractivity contribution in [2.45, 2.75) is 0 Å². The van der Waals surface area contributed by atoms with Crippen molar-refractivity contribution in [1.82, 2.24) is 0 Å². The highest BCUT2D eigenvalue weighted by molar-refractivity contribution is 8.27. The fourth-order valence-corrected chi connectivity index (χ4v) is 4.78. The molecule has 0 N–H and O–H groups in total. The molecule has 1 saturated heterocycles. The van der Waals surface area contributed by atoms with Crippen molar-refractivity contribution < 1.29 is 28.9 Å². The van der Waals surface area contributed by atoms with Gasteiger partial charge in [0.25, 0.3) is 11.6 Å². The highest BCUT2D eigenvalue weighted by Gasteiger charge is 2.35. The Hall–Kier alpha value is -4.49. The van der Waals surface area contributed by atoms with E-state index >= 15 is 0 Å². The number of nitrogens with zero attached hydrogens (tertiary/aromatic N) is 3. The fourth-order valence-electron chi connectivity index (χ4n) is 3.51. The summed E-state index contributed by atoms with van der Waals surface area (Å²) in [6.45, 7) is 0. The molecule has 0 aliphatic carbocycles. The van der Waals surface area contributed by atoms with Crippen LogP contribution < -0.4 is 19.1 Å². The number of hydrogen-bond donors (Lipinski definition) is 0. The van der Waals surface area contributed by atoms with Crippen LogP contribution in [0.3, 0.4) is 0 Å². The third-order valence-electron chi connectivity index (χ3n) is 5.20. The Bertz CT molecular complexity index is 1470. The van der Waals surface area contributed by atoms with Crippen molar-refractivity contribution in [2.24, 2.45) is 0 Å². The lowest BCUT2D eigenvalue weighted by atomic mass is 10.1. The molecule has 0 unspecified atom stereocenters. The first-order chi connectivity index (χ1) is 17.7. The minimum Gasteiger partial charge on any atom is -0.495 e. The Morgan fingerprint density at radius 3 is 2.30 bits per heavy atom. The quantitative estimate of drug-likeness (QED) is 0.151. The average molecular weight is 540 g/mol. The predicted molar refractivity (Wildman–Crippen MR) is 141 cm³/mol. The number of benzene rings is 3. The van der Waals surface area contributed by atoms with E-state index in [4.69, 9.17) is 26.4 Å². The maximum Gasteiger partial charge on any atom is 0.318 e. The Morgan fingerprint density at radius 1 is 0.919 bits per heavy atom. The molecule has 0 spiro atoms. The first kappa shape index (κ1) is 25.6. The molecular weight excluding hydrogens is 522 g/mol. The van der Waals surface area contributed by atoms with Crippen LogP contribution in [-0.4, -0.2) is 34.3 Å². The number of hydrogen-bond acceptors (Lipinski definition) is 10. The van der Waals surface area contributed by atoms with Crippen molar-refractivity contribution in [3.8, 4) is 23.0 Å². The number of anilines is 1. The number of ether oxygens (including phenoxy) is 3. The zero-order valence-electron chi connectivity index (χ0n) is 19.3. The highest BCUT2D eigenvalue weighted by Crippen LogP contribution is 2.44. The van der Waals surface area contributed by atoms with Gasteiger partial charge >= 0.3 is 5.69 Å². The normalized spacial score (nSPS) is 14.1. The van der Waals surface area contributed by atoms with Crippen LogP contribution in [0.4, 0.5) is 17.1 Å². The van der Waals surface area contributed by atoms with Crippen LogP contribution in [0.15, 0.2) is 65.6 Å². The molecule has 3 aromatic carbocycles. The Balaban J connectivity index is 1.76. The van der Waals surface area contributed by atoms with Gasteiger partial charge in [-0.3, -0.25) is 29.9 Å². The summed E-state index contributed by atoms with van der Waals surface area (Å²) in [6, 6.07) is 14.8. The van der Waals surface area contributed by atoms with Crippen molar-refractivity contribution >= 4 is 57.3 Å². The molecule has 0 aromatic heterocycles. The van der Waals surface area contributed by atoms with Crippen molar-refractivity contribution in [2.75, 3.05) is 19.1 Å². The van der Waals surface area contributed by atoms with Crippen LogP contribution in [0.5, 0.6) is 23.0 Å². The lowest BCUT2D eigenvalue weighted by molar-refractivity contribution is -0.394. The number of non-ortho nitro benzene ring substituents is 1. The van der Waals surface area contributed by atoms with Crippen molar-refractivity contribution in [3.63, 3.8) is 0 Å². The first-order valence-corrected chi connectivity index (χ1v) is 11.7. The molecule has 0 atom stereocenters. The van der Waals surface area contributed by atoms with E-state index in [1.807, 2.05) is 0 Å². The summed E-state index contributed by atoms with van der Waals surface area (Å²) in [6.07, 6.45) is 1.53. The third kappa shape index (κ3) is 5.08. The topological polar surface area (TPSA) is 134 Å². The number of methoxy groups -OCH3 is 2. The number of carbonyl (C=O) groups excluding carboxylic acids is 1. The Kier molecular flexibility index (Phi) is 7.36. The Labute approximate surface area is 219 Å². The van der Waals surface area contributed by atoms with Gasteiger partial charge in [-0.25, -0.2) is 0 Å². The van der Waals surface area contributed by atoms with Gasteiger partial charge in [0.1, 0.15) is 5.75 Å². The molecule has 1 aliphatic heterocycles. The van der Waals surface area contributed by atoms with Gasteiger partial charge in [0.2, 0.25) is 5.75 Å². The van der Waals surface area contributed by atoms with Crippen LogP contribution in [0.25, 0.3) is 6.08 Å². The number of nitro groups is 2. The molecule has 1 fully saturated rings. The molecule has 1 amide bonds. The summed E-state index contributed by atoms with van der Waals surface area (Å²) >= 11 is 6.52. The molecule has 1 heterocycles. The average Bonchev–Trinajstić information content (AvgIpc) is 3.16. The van der Waals surface area contributed by atoms with Gasteiger partial charge < -0.3 is 14.2 Å². The fraction of sp³-hybridized carbons (Fsp3) is 0.0833. The van der Waals surface area contributed by atoms with E-state index in [1.165, 1.54) is 25.2 Å². The highest BCUT2D eigenvalue weighted by atomic mass is 32.2. The summed E-state index contributed by atoms with van der Waals surface area (Å²) in [4.78, 5) is 36.1. The Morgan fingerprint density at radius 2 is 1.62 bits per heavy atom. The van der Waals surface area contributed by atoms with E-state index in [1.54, 1.807) is 42.5 Å². The van der Waals surface area contributed by atoms with Gasteiger partial charge in [0.05, 0.1) is 40.7 Å². The number of carbonyl (C=O) groups is 1. The van der Waals surface area contributed by atoms with Crippen LogP contribution >= 0.6 is 24.0 Å². The number of thioether (sulfide) groups is 1. The van der Waals surface area contributed by atoms with Crippen LogP contribution in [0, 0.1) is 20.2 Å². The van der Waals surface area contributed by atoms with Gasteiger partial charge in [-0.1, -0.05) is 48.2 Å². The van der Waals surface area contributed by atoms with Gasteiger partial charge in [-0.15, -0.1) is 0 Å². The minimum atomic E-state index is -0.782. The summed E-state index contributed by atoms with van der Waals surface area (Å²) in [7, 11) is 2.88. The van der Waals surface area contributed by atoms with Crippen molar-refractivity contribution in [3.05, 3.63) is 91.4 Å². The molecule has 188 valence electrons. The lowest BCUT2D eigenvalue weighted by Crippen LogP contribution is -2.27. The third-order valence-corrected chi connectivity index (χ3v) is 6.50. The number of para-hydroxylation sites is 3. The van der Waals surface area contributed by atoms with E-state index in [0.717, 1.165) is 30.0 Å². The van der Waals surface area contributed by atoms with E-state index in [-0.39, 0.29) is 26.5 Å². The zero-order chi connectivity index (χ0) is 26.7. The molecular formula is C24H17N3O8S2. The molecule has 1 aliphatic rings. The number of rotatable bonds is 8. The minimum absolute atomic E-state index is 0.0736. The lowest BCUT2D eigenvalue weighted by Gasteiger charge is -2.17. The molecule has 0 saturated carbocycles. The van der Waals surface area contributed by atoms with Crippen LogP contribution in [0.1, 0.15) is 5.56 Å².